The lowest BCUT2D eigenvalue weighted by Crippen LogP contribution is -2.41. The van der Waals surface area contributed by atoms with E-state index >= 15 is 0 Å². The topological polar surface area (TPSA) is 82.9 Å². The van der Waals surface area contributed by atoms with Crippen LogP contribution in [0, 0.1) is 0 Å². The molecule has 0 spiro atoms. The first kappa shape index (κ1) is 11.1. The van der Waals surface area contributed by atoms with Crippen LogP contribution in [0.4, 0.5) is 0 Å². The molecule has 0 aliphatic rings. The molecule has 6 nitrogen and oxygen atoms in total. The second-order valence-corrected chi connectivity index (χ2v) is 3.50. The molecule has 2 N–H and O–H groups in total. The predicted octanol–water partition coefficient (Wildman–Crippen LogP) is -1.04. The van der Waals surface area contributed by atoms with Crippen LogP contribution in [-0.4, -0.2) is 20.6 Å². The van der Waals surface area contributed by atoms with Gasteiger partial charge in [-0.2, -0.15) is 4.98 Å². The van der Waals surface area contributed by atoms with E-state index in [4.69, 9.17) is 5.73 Å². The Bertz CT molecular complexity index is 436. The maximum absolute atomic E-state index is 11.7. The molecule has 1 heterocycles. The Balaban J connectivity index is 3.56. The molecule has 1 aromatic heterocycles. The predicted molar refractivity (Wildman–Crippen MR) is 56.0 cm³/mol. The molecule has 14 heavy (non-hydrogen) atoms. The fraction of sp³-hybridized carbons (Fsp3) is 0.571. The van der Waals surface area contributed by atoms with Gasteiger partial charge >= 0.3 is 11.4 Å². The van der Waals surface area contributed by atoms with Gasteiger partial charge in [-0.1, -0.05) is 0 Å². The van der Waals surface area contributed by atoms with Crippen LogP contribution in [0.1, 0.15) is 12.7 Å². The molecule has 0 aliphatic carbocycles. The maximum atomic E-state index is 11.7. The molecule has 1 atom stereocenters. The maximum Gasteiger partial charge on any atom is 0.353 e. The molecule has 78 valence electrons. The van der Waals surface area contributed by atoms with Gasteiger partial charge in [0.1, 0.15) is 5.82 Å². The van der Waals surface area contributed by atoms with Crippen LogP contribution in [0.5, 0.6) is 0 Å². The molecular formula is C7H13N4O2P. The third kappa shape index (κ3) is 1.76. The van der Waals surface area contributed by atoms with E-state index in [1.807, 2.05) is 6.66 Å². The van der Waals surface area contributed by atoms with Crippen molar-refractivity contribution in [2.45, 2.75) is 20.0 Å². The second kappa shape index (κ2) is 4.48. The lowest BCUT2D eigenvalue weighted by atomic mass is 10.6. The Hall–Kier alpha value is -1.00. The largest absolute Gasteiger partial charge is 0.353 e. The summed E-state index contributed by atoms with van der Waals surface area (Å²) < 4.78 is 2.53. The van der Waals surface area contributed by atoms with E-state index in [-0.39, 0.29) is 21.0 Å². The average molecular weight is 216 g/mol. The number of rotatable bonds is 3. The van der Waals surface area contributed by atoms with Crippen LogP contribution in [0.3, 0.4) is 0 Å². The summed E-state index contributed by atoms with van der Waals surface area (Å²) in [6, 6.07) is 0. The Morgan fingerprint density at radius 2 is 2.14 bits per heavy atom. The van der Waals surface area contributed by atoms with Crippen molar-refractivity contribution in [1.29, 1.82) is 0 Å². The van der Waals surface area contributed by atoms with Gasteiger partial charge in [-0.3, -0.25) is 4.34 Å². The van der Waals surface area contributed by atoms with Crippen molar-refractivity contribution < 1.29 is 0 Å². The minimum atomic E-state index is -0.521. The minimum Gasteiger partial charge on any atom is -0.324 e. The van der Waals surface area contributed by atoms with Crippen molar-refractivity contribution in [3.8, 4) is 0 Å². The molecule has 7 heteroatoms. The van der Waals surface area contributed by atoms with Crippen molar-refractivity contribution in [2.75, 3.05) is 6.66 Å². The lowest BCUT2D eigenvalue weighted by molar-refractivity contribution is 0.610. The summed E-state index contributed by atoms with van der Waals surface area (Å²) in [5.74, 6) is 0.352. The van der Waals surface area contributed by atoms with Gasteiger partial charge < -0.3 is 5.73 Å². The third-order valence-electron chi connectivity index (χ3n) is 1.86. The quantitative estimate of drug-likeness (QED) is 0.654. The zero-order valence-corrected chi connectivity index (χ0v) is 9.15. The van der Waals surface area contributed by atoms with E-state index in [1.54, 1.807) is 6.92 Å². The van der Waals surface area contributed by atoms with Gasteiger partial charge in [0, 0.05) is 6.54 Å². The zero-order valence-electron chi connectivity index (χ0n) is 8.15. The molecule has 0 radical (unpaired) electrons. The van der Waals surface area contributed by atoms with Crippen LogP contribution in [-0.2, 0) is 13.1 Å². The summed E-state index contributed by atoms with van der Waals surface area (Å²) >= 11 is 0. The highest BCUT2D eigenvalue weighted by molar-refractivity contribution is 7.35. The Morgan fingerprint density at radius 3 is 2.57 bits per heavy atom. The van der Waals surface area contributed by atoms with E-state index in [0.29, 0.717) is 12.4 Å². The average Bonchev–Trinajstić information content (AvgIpc) is 2.17. The zero-order chi connectivity index (χ0) is 10.7. The first-order valence-corrected chi connectivity index (χ1v) is 5.71. The molecule has 0 aliphatic heterocycles. The van der Waals surface area contributed by atoms with Gasteiger partial charge in [-0.15, -0.1) is 0 Å². The number of nitrogens with two attached hydrogens (primary N) is 1. The highest BCUT2D eigenvalue weighted by Crippen LogP contribution is 2.05. The van der Waals surface area contributed by atoms with E-state index in [1.165, 1.54) is 4.34 Å². The number of aromatic nitrogens is 3. The monoisotopic (exact) mass is 216 g/mol. The van der Waals surface area contributed by atoms with Crippen molar-refractivity contribution >= 4 is 8.73 Å². The summed E-state index contributed by atoms with van der Waals surface area (Å²) in [5, 5.41) is 0. The first-order valence-electron chi connectivity index (χ1n) is 4.26. The molecule has 0 amide bonds. The summed E-state index contributed by atoms with van der Waals surface area (Å²) in [4.78, 5) is 26.7. The minimum absolute atomic E-state index is 0.107. The Labute approximate surface area is 82.6 Å². The molecule has 0 saturated heterocycles. The molecular weight excluding hydrogens is 203 g/mol. The van der Waals surface area contributed by atoms with Crippen LogP contribution in [0.2, 0.25) is 0 Å². The highest BCUT2D eigenvalue weighted by atomic mass is 31.1. The van der Waals surface area contributed by atoms with Crippen molar-refractivity contribution in [1.82, 2.24) is 13.9 Å². The van der Waals surface area contributed by atoms with Crippen LogP contribution in [0.15, 0.2) is 9.59 Å². The van der Waals surface area contributed by atoms with Gasteiger partial charge in [-0.25, -0.2) is 14.2 Å². The van der Waals surface area contributed by atoms with Gasteiger partial charge in [0.2, 0.25) is 0 Å². The Morgan fingerprint density at radius 1 is 1.50 bits per heavy atom. The molecule has 0 aromatic carbocycles. The van der Waals surface area contributed by atoms with Crippen LogP contribution < -0.4 is 17.1 Å². The molecule has 1 aromatic rings. The van der Waals surface area contributed by atoms with Crippen LogP contribution in [0.25, 0.3) is 0 Å². The van der Waals surface area contributed by atoms with Crippen molar-refractivity contribution in [2.24, 2.45) is 5.73 Å². The summed E-state index contributed by atoms with van der Waals surface area (Å²) in [5.41, 5.74) is 4.54. The van der Waals surface area contributed by atoms with Gasteiger partial charge in [-0.05, 0) is 22.3 Å². The highest BCUT2D eigenvalue weighted by Gasteiger charge is 2.08. The molecule has 0 bridgehead atoms. The number of hydrogen-bond acceptors (Lipinski definition) is 4. The summed E-state index contributed by atoms with van der Waals surface area (Å²) in [6.07, 6.45) is 0. The molecule has 0 fully saturated rings. The summed E-state index contributed by atoms with van der Waals surface area (Å²) in [7, 11) is 0.232. The smallest absolute Gasteiger partial charge is 0.324 e. The third-order valence-corrected chi connectivity index (χ3v) is 2.75. The Kier molecular flexibility index (Phi) is 3.55. The standard InChI is InChI=1S/C7H13N4O2P/c1-3-10-6(12)9-5(4-8)11(14-2)7(10)13/h14H,3-4,8H2,1-2H3. The fourth-order valence-corrected chi connectivity index (χ4v) is 1.88. The second-order valence-electron chi connectivity index (χ2n) is 2.60. The molecule has 1 unspecified atom stereocenters. The van der Waals surface area contributed by atoms with E-state index in [9.17, 15) is 9.59 Å². The van der Waals surface area contributed by atoms with E-state index < -0.39 is 5.69 Å². The molecule has 1 rings (SSSR count). The van der Waals surface area contributed by atoms with E-state index in [2.05, 4.69) is 4.98 Å². The normalized spacial score (nSPS) is 11.4. The van der Waals surface area contributed by atoms with E-state index in [0.717, 1.165) is 4.57 Å². The van der Waals surface area contributed by atoms with Gasteiger partial charge in [0.25, 0.3) is 0 Å². The summed E-state index contributed by atoms with van der Waals surface area (Å²) in [6.45, 7) is 4.01. The fourth-order valence-electron chi connectivity index (χ4n) is 1.17. The van der Waals surface area contributed by atoms with Gasteiger partial charge in [0.05, 0.1) is 6.54 Å². The van der Waals surface area contributed by atoms with Gasteiger partial charge in [0.15, 0.2) is 0 Å². The SMILES string of the molecule is CCn1c(=O)nc(CN)n(PC)c1=O. The van der Waals surface area contributed by atoms with Crippen molar-refractivity contribution in [3.63, 3.8) is 0 Å². The first-order chi connectivity index (χ1) is 6.65. The lowest BCUT2D eigenvalue weighted by Gasteiger charge is -2.09. The number of hydrogen-bond donors (Lipinski definition) is 1. The van der Waals surface area contributed by atoms with Crippen molar-refractivity contribution in [3.05, 3.63) is 26.8 Å². The molecule has 0 saturated carbocycles. The van der Waals surface area contributed by atoms with Crippen LogP contribution >= 0.6 is 8.73 Å². The number of nitrogens with zero attached hydrogens (tertiary/aromatic N) is 3.